The van der Waals surface area contributed by atoms with Crippen molar-refractivity contribution in [2.75, 3.05) is 0 Å². The number of aromatic nitrogens is 3. The van der Waals surface area contributed by atoms with Crippen LogP contribution in [0, 0.1) is 0 Å². The lowest BCUT2D eigenvalue weighted by Crippen LogP contribution is -2.23. The van der Waals surface area contributed by atoms with Gasteiger partial charge in [0, 0.05) is 42.3 Å². The van der Waals surface area contributed by atoms with Gasteiger partial charge in [-0.1, -0.05) is 41.6 Å². The molecule has 0 radical (unpaired) electrons. The monoisotopic (exact) mass is 356 g/mol. The maximum atomic E-state index is 12.4. The first-order chi connectivity index (χ1) is 13.3. The average molecular weight is 356 g/mol. The van der Waals surface area contributed by atoms with Crippen LogP contribution in [0.1, 0.15) is 16.1 Å². The number of nitrogens with zero attached hydrogens (tertiary/aromatic N) is 3. The van der Waals surface area contributed by atoms with Gasteiger partial charge in [-0.15, -0.1) is 0 Å². The highest BCUT2D eigenvalue weighted by molar-refractivity contribution is 5.93. The maximum absolute atomic E-state index is 12.4. The molecule has 4 aromatic rings. The smallest absolute Gasteiger partial charge is 0.273 e. The van der Waals surface area contributed by atoms with Crippen LogP contribution in [0.3, 0.4) is 0 Å². The van der Waals surface area contributed by atoms with E-state index in [1.165, 1.54) is 0 Å². The molecular weight excluding hydrogens is 340 g/mol. The molecule has 132 valence electrons. The Morgan fingerprint density at radius 2 is 1.74 bits per heavy atom. The molecule has 0 atom stereocenters. The van der Waals surface area contributed by atoms with E-state index in [1.54, 1.807) is 24.7 Å². The molecule has 0 aliphatic carbocycles. The molecule has 3 aromatic heterocycles. The molecule has 6 nitrogen and oxygen atoms in total. The highest BCUT2D eigenvalue weighted by Crippen LogP contribution is 2.21. The van der Waals surface area contributed by atoms with Crippen LogP contribution in [-0.2, 0) is 6.54 Å². The Hall–Kier alpha value is -3.80. The second-order valence-electron chi connectivity index (χ2n) is 5.87. The van der Waals surface area contributed by atoms with E-state index in [4.69, 9.17) is 4.52 Å². The summed E-state index contributed by atoms with van der Waals surface area (Å²) >= 11 is 0. The summed E-state index contributed by atoms with van der Waals surface area (Å²) in [6.45, 7) is 0.331. The van der Waals surface area contributed by atoms with Crippen molar-refractivity contribution in [1.29, 1.82) is 0 Å². The van der Waals surface area contributed by atoms with E-state index < -0.39 is 0 Å². The van der Waals surface area contributed by atoms with E-state index in [0.29, 0.717) is 12.3 Å². The average Bonchev–Trinajstić information content (AvgIpc) is 3.24. The van der Waals surface area contributed by atoms with E-state index in [9.17, 15) is 4.79 Å². The SMILES string of the molecule is O=C(NCc1cccnc1-c1ccncc1)c1cc(-c2ccccc2)on1. The fourth-order valence-electron chi connectivity index (χ4n) is 2.74. The topological polar surface area (TPSA) is 80.9 Å². The zero-order valence-electron chi connectivity index (χ0n) is 14.4. The molecule has 0 saturated heterocycles. The van der Waals surface area contributed by atoms with Crippen molar-refractivity contribution < 1.29 is 9.32 Å². The van der Waals surface area contributed by atoms with Crippen molar-refractivity contribution in [2.45, 2.75) is 6.54 Å². The van der Waals surface area contributed by atoms with Gasteiger partial charge in [0.1, 0.15) is 0 Å². The van der Waals surface area contributed by atoms with Gasteiger partial charge in [0.2, 0.25) is 0 Å². The molecule has 0 spiro atoms. The number of hydrogen-bond acceptors (Lipinski definition) is 5. The fourth-order valence-corrected chi connectivity index (χ4v) is 2.74. The Bertz CT molecular complexity index is 1050. The highest BCUT2D eigenvalue weighted by atomic mass is 16.5. The van der Waals surface area contributed by atoms with Crippen LogP contribution < -0.4 is 5.32 Å². The lowest BCUT2D eigenvalue weighted by Gasteiger charge is -2.09. The third-order valence-electron chi connectivity index (χ3n) is 4.09. The predicted octanol–water partition coefficient (Wildman–Crippen LogP) is 3.73. The number of hydrogen-bond donors (Lipinski definition) is 1. The van der Waals surface area contributed by atoms with E-state index in [1.807, 2.05) is 54.6 Å². The van der Waals surface area contributed by atoms with Crippen molar-refractivity contribution >= 4 is 5.91 Å². The number of pyridine rings is 2. The minimum absolute atomic E-state index is 0.239. The van der Waals surface area contributed by atoms with Crippen LogP contribution in [0.15, 0.2) is 83.8 Å². The van der Waals surface area contributed by atoms with Gasteiger partial charge in [-0.2, -0.15) is 0 Å². The summed E-state index contributed by atoms with van der Waals surface area (Å²) in [7, 11) is 0. The first-order valence-corrected chi connectivity index (χ1v) is 8.46. The van der Waals surface area contributed by atoms with E-state index in [-0.39, 0.29) is 11.6 Å². The Kier molecular flexibility index (Phi) is 4.70. The van der Waals surface area contributed by atoms with Gasteiger partial charge >= 0.3 is 0 Å². The van der Waals surface area contributed by atoms with Crippen molar-refractivity contribution in [3.05, 3.63) is 90.5 Å². The predicted molar refractivity (Wildman–Crippen MR) is 101 cm³/mol. The lowest BCUT2D eigenvalue weighted by atomic mass is 10.1. The molecule has 0 aliphatic rings. The van der Waals surface area contributed by atoms with Crippen LogP contribution in [0.25, 0.3) is 22.6 Å². The number of nitrogens with one attached hydrogen (secondary N) is 1. The Morgan fingerprint density at radius 1 is 0.926 bits per heavy atom. The summed E-state index contributed by atoms with van der Waals surface area (Å²) in [4.78, 5) is 20.9. The van der Waals surface area contributed by atoms with Gasteiger partial charge in [0.25, 0.3) is 5.91 Å². The van der Waals surface area contributed by atoms with Gasteiger partial charge < -0.3 is 9.84 Å². The van der Waals surface area contributed by atoms with Gasteiger partial charge in [-0.05, 0) is 23.8 Å². The van der Waals surface area contributed by atoms with Gasteiger partial charge in [-0.25, -0.2) is 0 Å². The molecule has 0 unspecified atom stereocenters. The largest absolute Gasteiger partial charge is 0.355 e. The molecule has 1 N–H and O–H groups in total. The number of amides is 1. The van der Waals surface area contributed by atoms with Crippen molar-refractivity contribution in [1.82, 2.24) is 20.4 Å². The normalized spacial score (nSPS) is 10.5. The van der Waals surface area contributed by atoms with E-state index in [0.717, 1.165) is 22.4 Å². The Labute approximate surface area is 155 Å². The zero-order valence-corrected chi connectivity index (χ0v) is 14.4. The van der Waals surface area contributed by atoms with E-state index in [2.05, 4.69) is 20.4 Å². The molecule has 0 saturated carbocycles. The summed E-state index contributed by atoms with van der Waals surface area (Å²) in [6, 6.07) is 18.7. The summed E-state index contributed by atoms with van der Waals surface area (Å²) in [5.74, 6) is 0.255. The quantitative estimate of drug-likeness (QED) is 0.589. The molecule has 3 heterocycles. The Morgan fingerprint density at radius 3 is 2.56 bits per heavy atom. The third-order valence-corrected chi connectivity index (χ3v) is 4.09. The summed E-state index contributed by atoms with van der Waals surface area (Å²) in [5.41, 5.74) is 3.77. The summed E-state index contributed by atoms with van der Waals surface area (Å²) in [6.07, 6.45) is 5.16. The molecule has 4 rings (SSSR count). The molecule has 0 aliphatic heterocycles. The molecule has 1 amide bonds. The third kappa shape index (κ3) is 3.74. The van der Waals surface area contributed by atoms with Crippen LogP contribution in [0.5, 0.6) is 0 Å². The van der Waals surface area contributed by atoms with Crippen LogP contribution in [0.2, 0.25) is 0 Å². The molecule has 27 heavy (non-hydrogen) atoms. The van der Waals surface area contributed by atoms with Gasteiger partial charge in [0.05, 0.1) is 5.69 Å². The summed E-state index contributed by atoms with van der Waals surface area (Å²) < 4.78 is 5.29. The number of benzene rings is 1. The van der Waals surface area contributed by atoms with Crippen molar-refractivity contribution in [2.24, 2.45) is 0 Å². The minimum atomic E-state index is -0.300. The highest BCUT2D eigenvalue weighted by Gasteiger charge is 2.14. The van der Waals surface area contributed by atoms with Crippen LogP contribution >= 0.6 is 0 Å². The second-order valence-corrected chi connectivity index (χ2v) is 5.87. The first-order valence-electron chi connectivity index (χ1n) is 8.46. The van der Waals surface area contributed by atoms with Crippen molar-refractivity contribution in [3.8, 4) is 22.6 Å². The lowest BCUT2D eigenvalue weighted by molar-refractivity contribution is 0.0942. The minimum Gasteiger partial charge on any atom is -0.355 e. The van der Waals surface area contributed by atoms with Gasteiger partial charge in [-0.3, -0.25) is 14.8 Å². The molecular formula is C21H16N4O2. The number of rotatable bonds is 5. The maximum Gasteiger partial charge on any atom is 0.273 e. The van der Waals surface area contributed by atoms with Crippen LogP contribution in [-0.4, -0.2) is 21.0 Å². The summed E-state index contributed by atoms with van der Waals surface area (Å²) in [5, 5.41) is 6.75. The number of carbonyl (C=O) groups is 1. The van der Waals surface area contributed by atoms with Crippen molar-refractivity contribution in [3.63, 3.8) is 0 Å². The van der Waals surface area contributed by atoms with Gasteiger partial charge in [0.15, 0.2) is 11.5 Å². The standard InChI is InChI=1S/C21H16N4O2/c26-21(18-13-19(27-25-18)15-5-2-1-3-6-15)24-14-17-7-4-10-23-20(17)16-8-11-22-12-9-16/h1-13H,14H2,(H,24,26). The molecule has 6 heteroatoms. The number of carbonyl (C=O) groups excluding carboxylic acids is 1. The second kappa shape index (κ2) is 7.61. The fraction of sp³-hybridized carbons (Fsp3) is 0.0476. The first kappa shape index (κ1) is 16.7. The van der Waals surface area contributed by atoms with E-state index >= 15 is 0 Å². The Balaban J connectivity index is 1.49. The van der Waals surface area contributed by atoms with Crippen LogP contribution in [0.4, 0.5) is 0 Å². The zero-order chi connectivity index (χ0) is 18.5. The molecule has 0 fully saturated rings. The molecule has 1 aromatic carbocycles. The molecule has 0 bridgehead atoms.